The highest BCUT2D eigenvalue weighted by Gasteiger charge is 2.20. The van der Waals surface area contributed by atoms with Crippen molar-refractivity contribution in [3.05, 3.63) is 29.8 Å². The second-order valence-corrected chi connectivity index (χ2v) is 4.66. The molecule has 0 saturated heterocycles. The van der Waals surface area contributed by atoms with Crippen molar-refractivity contribution >= 4 is 0 Å². The Morgan fingerprint density at radius 3 is 2.62 bits per heavy atom. The standard InChI is InChI=1S/C14H21NO/c1-2-11-6-8-13(9-7-11)16-14-5-3-4-12(15)10-14/h6-9,12,14H,2-5,10,15H2,1H3. The minimum atomic E-state index is 0.316. The maximum Gasteiger partial charge on any atom is 0.119 e. The fourth-order valence-corrected chi connectivity index (χ4v) is 2.28. The van der Waals surface area contributed by atoms with Crippen LogP contribution in [0.1, 0.15) is 38.2 Å². The zero-order valence-corrected chi connectivity index (χ0v) is 9.99. The smallest absolute Gasteiger partial charge is 0.119 e. The Kier molecular flexibility index (Phi) is 3.83. The van der Waals surface area contributed by atoms with Crippen molar-refractivity contribution in [2.45, 2.75) is 51.2 Å². The highest BCUT2D eigenvalue weighted by atomic mass is 16.5. The molecule has 0 aliphatic heterocycles. The normalized spacial score (nSPS) is 25.4. The SMILES string of the molecule is CCc1ccc(OC2CCCC(N)C2)cc1. The van der Waals surface area contributed by atoms with Crippen LogP contribution in [-0.2, 0) is 6.42 Å². The topological polar surface area (TPSA) is 35.2 Å². The number of benzene rings is 1. The molecule has 1 aliphatic carbocycles. The minimum Gasteiger partial charge on any atom is -0.490 e. The van der Waals surface area contributed by atoms with Crippen molar-refractivity contribution in [2.24, 2.45) is 5.73 Å². The van der Waals surface area contributed by atoms with Crippen LogP contribution in [-0.4, -0.2) is 12.1 Å². The van der Waals surface area contributed by atoms with Gasteiger partial charge in [0.1, 0.15) is 11.9 Å². The summed E-state index contributed by atoms with van der Waals surface area (Å²) in [4.78, 5) is 0. The summed E-state index contributed by atoms with van der Waals surface area (Å²) in [5.41, 5.74) is 7.30. The maximum absolute atomic E-state index is 5.95. The van der Waals surface area contributed by atoms with Gasteiger partial charge < -0.3 is 10.5 Å². The summed E-state index contributed by atoms with van der Waals surface area (Å²) in [6.07, 6.45) is 5.87. The first-order valence-electron chi connectivity index (χ1n) is 6.29. The Morgan fingerprint density at radius 2 is 2.00 bits per heavy atom. The number of rotatable bonds is 3. The highest BCUT2D eigenvalue weighted by Crippen LogP contribution is 2.23. The van der Waals surface area contributed by atoms with E-state index in [2.05, 4.69) is 31.2 Å². The molecule has 0 heterocycles. The molecule has 2 atom stereocenters. The van der Waals surface area contributed by atoms with Gasteiger partial charge in [-0.05, 0) is 49.8 Å². The number of hydrogen-bond donors (Lipinski definition) is 1. The summed E-state index contributed by atoms with van der Waals surface area (Å²) < 4.78 is 5.95. The van der Waals surface area contributed by atoms with Crippen molar-refractivity contribution in [2.75, 3.05) is 0 Å². The summed E-state index contributed by atoms with van der Waals surface area (Å²) >= 11 is 0. The predicted octanol–water partition coefficient (Wildman–Crippen LogP) is 2.90. The molecule has 1 aliphatic rings. The molecule has 0 radical (unpaired) electrons. The molecule has 0 bridgehead atoms. The number of ether oxygens (including phenoxy) is 1. The molecule has 16 heavy (non-hydrogen) atoms. The fourth-order valence-electron chi connectivity index (χ4n) is 2.28. The molecule has 0 amide bonds. The third kappa shape index (κ3) is 2.99. The monoisotopic (exact) mass is 219 g/mol. The van der Waals surface area contributed by atoms with Crippen molar-refractivity contribution in [1.82, 2.24) is 0 Å². The molecule has 1 aromatic carbocycles. The molecular weight excluding hydrogens is 198 g/mol. The van der Waals surface area contributed by atoms with Crippen molar-refractivity contribution in [3.63, 3.8) is 0 Å². The quantitative estimate of drug-likeness (QED) is 0.848. The number of nitrogens with two attached hydrogens (primary N) is 1. The molecule has 2 nitrogen and oxygen atoms in total. The van der Waals surface area contributed by atoms with E-state index < -0.39 is 0 Å². The third-order valence-corrected chi connectivity index (χ3v) is 3.30. The lowest BCUT2D eigenvalue weighted by Gasteiger charge is -2.27. The highest BCUT2D eigenvalue weighted by molar-refractivity contribution is 5.27. The van der Waals surface area contributed by atoms with Gasteiger partial charge in [-0.15, -0.1) is 0 Å². The van der Waals surface area contributed by atoms with Gasteiger partial charge in [0.15, 0.2) is 0 Å². The summed E-state index contributed by atoms with van der Waals surface area (Å²) in [5, 5.41) is 0. The molecule has 1 fully saturated rings. The van der Waals surface area contributed by atoms with E-state index in [0.29, 0.717) is 12.1 Å². The first kappa shape index (κ1) is 11.5. The first-order valence-corrected chi connectivity index (χ1v) is 6.29. The summed E-state index contributed by atoms with van der Waals surface area (Å²) in [6, 6.07) is 8.74. The fraction of sp³-hybridized carbons (Fsp3) is 0.571. The second kappa shape index (κ2) is 5.35. The van der Waals surface area contributed by atoms with Gasteiger partial charge in [-0.3, -0.25) is 0 Å². The largest absolute Gasteiger partial charge is 0.490 e. The van der Waals surface area contributed by atoms with Crippen LogP contribution in [0.5, 0.6) is 5.75 Å². The molecule has 2 rings (SSSR count). The molecule has 2 N–H and O–H groups in total. The van der Waals surface area contributed by atoms with E-state index >= 15 is 0 Å². The lowest BCUT2D eigenvalue weighted by atomic mass is 9.93. The van der Waals surface area contributed by atoms with Gasteiger partial charge in [-0.2, -0.15) is 0 Å². The van der Waals surface area contributed by atoms with Crippen LogP contribution in [0.4, 0.5) is 0 Å². The lowest BCUT2D eigenvalue weighted by Crippen LogP contribution is -2.33. The average Bonchev–Trinajstić information content (AvgIpc) is 2.30. The molecule has 1 aromatic rings. The van der Waals surface area contributed by atoms with Crippen molar-refractivity contribution in [1.29, 1.82) is 0 Å². The van der Waals surface area contributed by atoms with E-state index in [0.717, 1.165) is 31.4 Å². The molecule has 2 unspecified atom stereocenters. The minimum absolute atomic E-state index is 0.316. The van der Waals surface area contributed by atoms with Gasteiger partial charge in [-0.25, -0.2) is 0 Å². The molecule has 0 spiro atoms. The van der Waals surface area contributed by atoms with Gasteiger partial charge >= 0.3 is 0 Å². The third-order valence-electron chi connectivity index (χ3n) is 3.30. The maximum atomic E-state index is 5.95. The molecular formula is C14H21NO. The van der Waals surface area contributed by atoms with Crippen LogP contribution in [0.25, 0.3) is 0 Å². The Hall–Kier alpha value is -1.02. The zero-order valence-electron chi connectivity index (χ0n) is 9.99. The van der Waals surface area contributed by atoms with E-state index in [1.54, 1.807) is 0 Å². The van der Waals surface area contributed by atoms with Gasteiger partial charge in [-0.1, -0.05) is 19.1 Å². The predicted molar refractivity (Wildman–Crippen MR) is 66.7 cm³/mol. The Labute approximate surface area is 97.8 Å². The molecule has 88 valence electrons. The van der Waals surface area contributed by atoms with Crippen LogP contribution in [0.15, 0.2) is 24.3 Å². The van der Waals surface area contributed by atoms with E-state index in [4.69, 9.17) is 10.5 Å². The van der Waals surface area contributed by atoms with Crippen LogP contribution >= 0.6 is 0 Å². The van der Waals surface area contributed by atoms with E-state index in [-0.39, 0.29) is 0 Å². The summed E-state index contributed by atoms with van der Waals surface area (Å²) in [5.74, 6) is 0.983. The van der Waals surface area contributed by atoms with Crippen LogP contribution in [0, 0.1) is 0 Å². The van der Waals surface area contributed by atoms with Crippen molar-refractivity contribution in [3.8, 4) is 5.75 Å². The van der Waals surface area contributed by atoms with Crippen molar-refractivity contribution < 1.29 is 4.74 Å². The zero-order chi connectivity index (χ0) is 11.4. The molecule has 0 aromatic heterocycles. The van der Waals surface area contributed by atoms with E-state index in [9.17, 15) is 0 Å². The van der Waals surface area contributed by atoms with Gasteiger partial charge in [0, 0.05) is 6.04 Å². The Morgan fingerprint density at radius 1 is 1.25 bits per heavy atom. The Bertz CT molecular complexity index is 320. The first-order chi connectivity index (χ1) is 7.78. The van der Waals surface area contributed by atoms with Gasteiger partial charge in [0.05, 0.1) is 0 Å². The Balaban J connectivity index is 1.92. The number of aryl methyl sites for hydroxylation is 1. The summed E-state index contributed by atoms with van der Waals surface area (Å²) in [7, 11) is 0. The lowest BCUT2D eigenvalue weighted by molar-refractivity contribution is 0.144. The van der Waals surface area contributed by atoms with Crippen LogP contribution in [0.3, 0.4) is 0 Å². The van der Waals surface area contributed by atoms with Gasteiger partial charge in [0.2, 0.25) is 0 Å². The molecule has 1 saturated carbocycles. The number of hydrogen-bond acceptors (Lipinski definition) is 2. The molecule has 2 heteroatoms. The summed E-state index contributed by atoms with van der Waals surface area (Å²) in [6.45, 7) is 2.16. The van der Waals surface area contributed by atoms with Crippen LogP contribution < -0.4 is 10.5 Å². The van der Waals surface area contributed by atoms with E-state index in [1.165, 1.54) is 12.0 Å². The second-order valence-electron chi connectivity index (χ2n) is 4.66. The van der Waals surface area contributed by atoms with Gasteiger partial charge in [0.25, 0.3) is 0 Å². The van der Waals surface area contributed by atoms with E-state index in [1.807, 2.05) is 0 Å². The average molecular weight is 219 g/mol. The van der Waals surface area contributed by atoms with Crippen LogP contribution in [0.2, 0.25) is 0 Å².